The summed E-state index contributed by atoms with van der Waals surface area (Å²) in [6.07, 6.45) is 0. The highest BCUT2D eigenvalue weighted by molar-refractivity contribution is 5.96. The number of nitrogens with two attached hydrogens (primary N) is 1. The highest BCUT2D eigenvalue weighted by Gasteiger charge is 2.19. The van der Waals surface area contributed by atoms with Gasteiger partial charge in [0, 0.05) is 25.7 Å². The van der Waals surface area contributed by atoms with Gasteiger partial charge in [0.15, 0.2) is 0 Å². The molecule has 0 aliphatic rings. The Hall–Kier alpha value is -1.75. The number of amides is 1. The van der Waals surface area contributed by atoms with Crippen LogP contribution in [0.3, 0.4) is 0 Å². The largest absolute Gasteiger partial charge is 0.397 e. The van der Waals surface area contributed by atoms with Gasteiger partial charge in [0.2, 0.25) is 0 Å². The lowest BCUT2D eigenvalue weighted by Crippen LogP contribution is -2.34. The summed E-state index contributed by atoms with van der Waals surface area (Å²) >= 11 is 0. The standard InChI is InChI=1S/C15H26N4O/c1-15(2,10-19(4)5)9-18-13-8-11(14(20)17-3)6-7-12(13)16/h6-8,18H,9-10,16H2,1-5H3,(H,17,20). The molecule has 1 aromatic carbocycles. The summed E-state index contributed by atoms with van der Waals surface area (Å²) in [5, 5.41) is 5.96. The normalized spacial score (nSPS) is 11.5. The SMILES string of the molecule is CNC(=O)c1ccc(N)c(NCC(C)(C)CN(C)C)c1. The first kappa shape index (κ1) is 16.3. The van der Waals surface area contributed by atoms with E-state index in [1.807, 2.05) is 0 Å². The van der Waals surface area contributed by atoms with Crippen LogP contribution in [0.5, 0.6) is 0 Å². The highest BCUT2D eigenvalue weighted by Crippen LogP contribution is 2.23. The molecular weight excluding hydrogens is 252 g/mol. The number of hydrogen-bond acceptors (Lipinski definition) is 4. The Kier molecular flexibility index (Phi) is 5.39. The molecule has 1 rings (SSSR count). The van der Waals surface area contributed by atoms with Crippen LogP contribution in [0.1, 0.15) is 24.2 Å². The Morgan fingerprint density at radius 1 is 1.35 bits per heavy atom. The summed E-state index contributed by atoms with van der Waals surface area (Å²) in [4.78, 5) is 13.8. The first-order chi connectivity index (χ1) is 9.25. The third-order valence-corrected chi connectivity index (χ3v) is 3.04. The molecule has 0 unspecified atom stereocenters. The van der Waals surface area contributed by atoms with Gasteiger partial charge in [0.05, 0.1) is 11.4 Å². The molecule has 0 heterocycles. The zero-order valence-corrected chi connectivity index (χ0v) is 13.1. The van der Waals surface area contributed by atoms with Crippen molar-refractivity contribution in [3.05, 3.63) is 23.8 Å². The highest BCUT2D eigenvalue weighted by atomic mass is 16.1. The van der Waals surface area contributed by atoms with Crippen LogP contribution >= 0.6 is 0 Å². The summed E-state index contributed by atoms with van der Waals surface area (Å²) in [5.74, 6) is -0.111. The van der Waals surface area contributed by atoms with Crippen LogP contribution < -0.4 is 16.4 Å². The van der Waals surface area contributed by atoms with Gasteiger partial charge in [-0.25, -0.2) is 0 Å². The van der Waals surface area contributed by atoms with Crippen molar-refractivity contribution >= 4 is 17.3 Å². The number of anilines is 2. The van der Waals surface area contributed by atoms with Crippen molar-refractivity contribution in [2.75, 3.05) is 45.3 Å². The van der Waals surface area contributed by atoms with Crippen molar-refractivity contribution in [3.63, 3.8) is 0 Å². The van der Waals surface area contributed by atoms with E-state index in [1.54, 1.807) is 25.2 Å². The minimum atomic E-state index is -0.111. The molecule has 0 aromatic heterocycles. The van der Waals surface area contributed by atoms with Gasteiger partial charge in [-0.05, 0) is 37.7 Å². The number of carbonyl (C=O) groups excluding carboxylic acids is 1. The molecule has 0 atom stereocenters. The van der Waals surface area contributed by atoms with Crippen LogP contribution in [0.25, 0.3) is 0 Å². The van der Waals surface area contributed by atoms with E-state index in [9.17, 15) is 4.79 Å². The van der Waals surface area contributed by atoms with Crippen molar-refractivity contribution in [2.45, 2.75) is 13.8 Å². The van der Waals surface area contributed by atoms with E-state index >= 15 is 0 Å². The van der Waals surface area contributed by atoms with Crippen molar-refractivity contribution in [3.8, 4) is 0 Å². The lowest BCUT2D eigenvalue weighted by atomic mass is 9.92. The molecule has 5 nitrogen and oxygen atoms in total. The van der Waals surface area contributed by atoms with Gasteiger partial charge in [-0.1, -0.05) is 13.8 Å². The van der Waals surface area contributed by atoms with Gasteiger partial charge in [-0.15, -0.1) is 0 Å². The number of carbonyl (C=O) groups is 1. The molecule has 0 saturated heterocycles. The Labute approximate surface area is 121 Å². The molecule has 0 aliphatic heterocycles. The zero-order chi connectivity index (χ0) is 15.3. The van der Waals surface area contributed by atoms with Crippen LogP contribution in [-0.2, 0) is 0 Å². The second-order valence-corrected chi connectivity index (χ2v) is 6.14. The lowest BCUT2D eigenvalue weighted by Gasteiger charge is -2.29. The minimum Gasteiger partial charge on any atom is -0.397 e. The monoisotopic (exact) mass is 278 g/mol. The maximum atomic E-state index is 11.6. The number of nitrogens with zero attached hydrogens (tertiary/aromatic N) is 1. The third kappa shape index (κ3) is 4.74. The fraction of sp³-hybridized carbons (Fsp3) is 0.533. The fourth-order valence-corrected chi connectivity index (χ4v) is 2.24. The second kappa shape index (κ2) is 6.61. The van der Waals surface area contributed by atoms with Gasteiger partial charge < -0.3 is 21.3 Å². The van der Waals surface area contributed by atoms with Gasteiger partial charge >= 0.3 is 0 Å². The zero-order valence-electron chi connectivity index (χ0n) is 13.1. The predicted molar refractivity (Wildman–Crippen MR) is 85.1 cm³/mol. The molecule has 0 radical (unpaired) electrons. The average Bonchev–Trinajstić information content (AvgIpc) is 2.35. The first-order valence-corrected chi connectivity index (χ1v) is 6.75. The Balaban J connectivity index is 2.79. The molecule has 0 bridgehead atoms. The maximum absolute atomic E-state index is 11.6. The van der Waals surface area contributed by atoms with E-state index in [2.05, 4.69) is 43.5 Å². The first-order valence-electron chi connectivity index (χ1n) is 6.75. The van der Waals surface area contributed by atoms with E-state index in [-0.39, 0.29) is 11.3 Å². The molecule has 0 saturated carbocycles. The van der Waals surface area contributed by atoms with Crippen LogP contribution in [0, 0.1) is 5.41 Å². The van der Waals surface area contributed by atoms with E-state index in [0.717, 1.165) is 18.8 Å². The van der Waals surface area contributed by atoms with E-state index in [4.69, 9.17) is 5.73 Å². The van der Waals surface area contributed by atoms with Crippen LogP contribution in [0.2, 0.25) is 0 Å². The summed E-state index contributed by atoms with van der Waals surface area (Å²) in [6, 6.07) is 5.27. The smallest absolute Gasteiger partial charge is 0.251 e. The molecule has 1 aromatic rings. The molecule has 5 heteroatoms. The van der Waals surface area contributed by atoms with Crippen molar-refractivity contribution in [1.29, 1.82) is 0 Å². The van der Waals surface area contributed by atoms with Crippen LogP contribution in [0.15, 0.2) is 18.2 Å². The quantitative estimate of drug-likeness (QED) is 0.692. The molecule has 0 spiro atoms. The number of hydrogen-bond donors (Lipinski definition) is 3. The number of nitrogens with one attached hydrogen (secondary N) is 2. The van der Waals surface area contributed by atoms with E-state index in [1.165, 1.54) is 0 Å². The Morgan fingerprint density at radius 3 is 2.55 bits per heavy atom. The van der Waals surface area contributed by atoms with Gasteiger partial charge in [0.1, 0.15) is 0 Å². The third-order valence-electron chi connectivity index (χ3n) is 3.04. The van der Waals surface area contributed by atoms with E-state index in [0.29, 0.717) is 11.3 Å². The topological polar surface area (TPSA) is 70.4 Å². The van der Waals surface area contributed by atoms with Crippen molar-refractivity contribution in [1.82, 2.24) is 10.2 Å². The molecule has 20 heavy (non-hydrogen) atoms. The molecule has 112 valence electrons. The van der Waals surface area contributed by atoms with Crippen molar-refractivity contribution in [2.24, 2.45) is 5.41 Å². The molecular formula is C15H26N4O. The molecule has 0 fully saturated rings. The van der Waals surface area contributed by atoms with Crippen LogP contribution in [0.4, 0.5) is 11.4 Å². The summed E-state index contributed by atoms with van der Waals surface area (Å²) in [6.45, 7) is 6.14. The summed E-state index contributed by atoms with van der Waals surface area (Å²) in [7, 11) is 5.73. The van der Waals surface area contributed by atoms with Crippen LogP contribution in [-0.4, -0.2) is 45.0 Å². The fourth-order valence-electron chi connectivity index (χ4n) is 2.24. The number of rotatable bonds is 6. The average molecular weight is 278 g/mol. The van der Waals surface area contributed by atoms with E-state index < -0.39 is 0 Å². The second-order valence-electron chi connectivity index (χ2n) is 6.14. The lowest BCUT2D eigenvalue weighted by molar-refractivity contribution is 0.0963. The van der Waals surface area contributed by atoms with Crippen molar-refractivity contribution < 1.29 is 4.79 Å². The van der Waals surface area contributed by atoms with Gasteiger partial charge in [-0.3, -0.25) is 4.79 Å². The maximum Gasteiger partial charge on any atom is 0.251 e. The van der Waals surface area contributed by atoms with Gasteiger partial charge in [0.25, 0.3) is 5.91 Å². The molecule has 0 aliphatic carbocycles. The van der Waals surface area contributed by atoms with Gasteiger partial charge in [-0.2, -0.15) is 0 Å². The summed E-state index contributed by atoms with van der Waals surface area (Å²) in [5.41, 5.74) is 8.13. The number of nitrogen functional groups attached to an aromatic ring is 1. The number of benzene rings is 1. The molecule has 1 amide bonds. The predicted octanol–water partition coefficient (Wildman–Crippen LogP) is 1.63. The Morgan fingerprint density at radius 2 is 2.00 bits per heavy atom. The molecule has 4 N–H and O–H groups in total. The minimum absolute atomic E-state index is 0.110. The Bertz CT molecular complexity index is 469. The summed E-state index contributed by atoms with van der Waals surface area (Å²) < 4.78 is 0.